The zero-order chi connectivity index (χ0) is 15.2. The van der Waals surface area contributed by atoms with E-state index >= 15 is 0 Å². The van der Waals surface area contributed by atoms with Gasteiger partial charge in [0.05, 0.1) is 0 Å². The summed E-state index contributed by atoms with van der Waals surface area (Å²) in [4.78, 5) is 13.7. The molecule has 2 rings (SSSR count). The van der Waals surface area contributed by atoms with E-state index in [1.807, 2.05) is 61.3 Å². The lowest BCUT2D eigenvalue weighted by Crippen LogP contribution is -2.34. The van der Waals surface area contributed by atoms with E-state index in [1.165, 1.54) is 0 Å². The van der Waals surface area contributed by atoms with Crippen molar-refractivity contribution in [2.24, 2.45) is 0 Å². The molecule has 0 N–H and O–H groups in total. The van der Waals surface area contributed by atoms with E-state index in [4.69, 9.17) is 9.47 Å². The summed E-state index contributed by atoms with van der Waals surface area (Å²) in [6, 6.07) is 17.0. The van der Waals surface area contributed by atoms with Crippen molar-refractivity contribution in [1.29, 1.82) is 0 Å². The SMILES string of the molecule is Cc1cccc(OC(=O)OC(C)N(C)c2ccccc2)c1. The summed E-state index contributed by atoms with van der Waals surface area (Å²) < 4.78 is 10.4. The van der Waals surface area contributed by atoms with Crippen LogP contribution in [-0.4, -0.2) is 19.4 Å². The van der Waals surface area contributed by atoms with Gasteiger partial charge in [-0.3, -0.25) is 0 Å². The van der Waals surface area contributed by atoms with Gasteiger partial charge in [-0.1, -0.05) is 30.3 Å². The van der Waals surface area contributed by atoms with Crippen LogP contribution in [0.3, 0.4) is 0 Å². The molecule has 2 aromatic carbocycles. The topological polar surface area (TPSA) is 38.8 Å². The molecule has 110 valence electrons. The first-order valence-electron chi connectivity index (χ1n) is 6.79. The van der Waals surface area contributed by atoms with Crippen molar-refractivity contribution in [3.63, 3.8) is 0 Å². The number of para-hydroxylation sites is 1. The van der Waals surface area contributed by atoms with Crippen LogP contribution in [0.5, 0.6) is 5.75 Å². The van der Waals surface area contributed by atoms with Crippen LogP contribution < -0.4 is 9.64 Å². The molecule has 0 bridgehead atoms. The van der Waals surface area contributed by atoms with Crippen LogP contribution in [0.15, 0.2) is 54.6 Å². The number of hydrogen-bond donors (Lipinski definition) is 0. The highest BCUT2D eigenvalue weighted by Gasteiger charge is 2.16. The van der Waals surface area contributed by atoms with E-state index in [1.54, 1.807) is 19.1 Å². The van der Waals surface area contributed by atoms with Crippen molar-refractivity contribution in [2.45, 2.75) is 20.1 Å². The highest BCUT2D eigenvalue weighted by Crippen LogP contribution is 2.17. The van der Waals surface area contributed by atoms with Crippen molar-refractivity contribution in [3.05, 3.63) is 60.2 Å². The molecule has 0 fully saturated rings. The molecule has 4 nitrogen and oxygen atoms in total. The van der Waals surface area contributed by atoms with Crippen LogP contribution in [0.4, 0.5) is 10.5 Å². The molecule has 21 heavy (non-hydrogen) atoms. The summed E-state index contributed by atoms with van der Waals surface area (Å²) in [5, 5.41) is 0. The highest BCUT2D eigenvalue weighted by molar-refractivity contribution is 5.64. The predicted octanol–water partition coefficient (Wildman–Crippen LogP) is 3.99. The van der Waals surface area contributed by atoms with E-state index < -0.39 is 12.4 Å². The summed E-state index contributed by atoms with van der Waals surface area (Å²) in [6.07, 6.45) is -1.14. The predicted molar refractivity (Wildman–Crippen MR) is 82.6 cm³/mol. The molecule has 1 atom stereocenters. The lowest BCUT2D eigenvalue weighted by molar-refractivity contribution is 0.0661. The first-order chi connectivity index (χ1) is 10.1. The Balaban J connectivity index is 1.93. The van der Waals surface area contributed by atoms with Gasteiger partial charge in [0.15, 0.2) is 6.23 Å². The van der Waals surface area contributed by atoms with Crippen molar-refractivity contribution in [3.8, 4) is 5.75 Å². The van der Waals surface area contributed by atoms with Gasteiger partial charge in [-0.25, -0.2) is 4.79 Å². The standard InChI is InChI=1S/C17H19NO3/c1-13-8-7-11-16(12-13)21-17(19)20-14(2)18(3)15-9-5-4-6-10-15/h4-12,14H,1-3H3. The number of ether oxygens (including phenoxy) is 2. The van der Waals surface area contributed by atoms with Crippen molar-refractivity contribution < 1.29 is 14.3 Å². The molecule has 0 heterocycles. The minimum atomic E-state index is -0.712. The van der Waals surface area contributed by atoms with Gasteiger partial charge in [-0.05, 0) is 43.7 Å². The molecule has 0 aliphatic carbocycles. The number of carbonyl (C=O) groups excluding carboxylic acids is 1. The zero-order valence-corrected chi connectivity index (χ0v) is 12.4. The molecule has 0 aliphatic heterocycles. The van der Waals surface area contributed by atoms with Crippen LogP contribution in [0.1, 0.15) is 12.5 Å². The van der Waals surface area contributed by atoms with E-state index in [0.29, 0.717) is 5.75 Å². The van der Waals surface area contributed by atoms with Gasteiger partial charge in [-0.2, -0.15) is 0 Å². The van der Waals surface area contributed by atoms with Crippen molar-refractivity contribution in [2.75, 3.05) is 11.9 Å². The third kappa shape index (κ3) is 4.24. The molecule has 0 aliphatic rings. The maximum Gasteiger partial charge on any atom is 0.515 e. The van der Waals surface area contributed by atoms with Crippen LogP contribution in [0, 0.1) is 6.92 Å². The molecule has 1 unspecified atom stereocenters. The van der Waals surface area contributed by atoms with E-state index in [9.17, 15) is 4.79 Å². The maximum atomic E-state index is 11.8. The summed E-state index contributed by atoms with van der Waals surface area (Å²) in [7, 11) is 1.86. The number of aryl methyl sites for hydroxylation is 1. The first kappa shape index (κ1) is 14.9. The molecule has 0 amide bonds. The number of hydrogen-bond acceptors (Lipinski definition) is 4. The van der Waals surface area contributed by atoms with E-state index in [2.05, 4.69) is 0 Å². The minimum absolute atomic E-state index is 0.426. The quantitative estimate of drug-likeness (QED) is 0.483. The number of rotatable bonds is 4. The number of carbonyl (C=O) groups is 1. The molecular weight excluding hydrogens is 266 g/mol. The fourth-order valence-corrected chi connectivity index (χ4v) is 1.89. The first-order valence-corrected chi connectivity index (χ1v) is 6.79. The van der Waals surface area contributed by atoms with Gasteiger partial charge in [0.25, 0.3) is 0 Å². The van der Waals surface area contributed by atoms with Crippen LogP contribution in [-0.2, 0) is 4.74 Å². The number of benzene rings is 2. The van der Waals surface area contributed by atoms with Crippen LogP contribution in [0.25, 0.3) is 0 Å². The fraction of sp³-hybridized carbons (Fsp3) is 0.235. The second-order valence-corrected chi connectivity index (χ2v) is 4.83. The summed E-state index contributed by atoms with van der Waals surface area (Å²) in [5.41, 5.74) is 1.99. The number of nitrogens with zero attached hydrogens (tertiary/aromatic N) is 1. The second-order valence-electron chi connectivity index (χ2n) is 4.83. The second kappa shape index (κ2) is 6.79. The molecular formula is C17H19NO3. The normalized spacial score (nSPS) is 11.6. The van der Waals surface area contributed by atoms with Gasteiger partial charge in [0, 0.05) is 12.7 Å². The average molecular weight is 285 g/mol. The molecule has 0 saturated carbocycles. The highest BCUT2D eigenvalue weighted by atomic mass is 16.7. The van der Waals surface area contributed by atoms with Gasteiger partial charge >= 0.3 is 6.16 Å². The van der Waals surface area contributed by atoms with E-state index in [0.717, 1.165) is 11.3 Å². The summed E-state index contributed by atoms with van der Waals surface area (Å²) in [5.74, 6) is 0.481. The average Bonchev–Trinajstić information content (AvgIpc) is 2.47. The Labute approximate surface area is 124 Å². The van der Waals surface area contributed by atoms with E-state index in [-0.39, 0.29) is 0 Å². The van der Waals surface area contributed by atoms with Crippen LogP contribution in [0.2, 0.25) is 0 Å². The lowest BCUT2D eigenvalue weighted by Gasteiger charge is -2.26. The van der Waals surface area contributed by atoms with Crippen molar-refractivity contribution >= 4 is 11.8 Å². The summed E-state index contributed by atoms with van der Waals surface area (Å²) >= 11 is 0. The zero-order valence-electron chi connectivity index (χ0n) is 12.4. The Morgan fingerprint density at radius 1 is 1.10 bits per heavy atom. The lowest BCUT2D eigenvalue weighted by atomic mass is 10.2. The molecule has 2 aromatic rings. The summed E-state index contributed by atoms with van der Waals surface area (Å²) in [6.45, 7) is 3.73. The fourth-order valence-electron chi connectivity index (χ4n) is 1.89. The van der Waals surface area contributed by atoms with Gasteiger partial charge in [0.1, 0.15) is 5.75 Å². The Morgan fingerprint density at radius 2 is 1.81 bits per heavy atom. The molecule has 4 heteroatoms. The Bertz CT molecular complexity index is 598. The molecule has 0 aromatic heterocycles. The smallest absolute Gasteiger partial charge is 0.410 e. The van der Waals surface area contributed by atoms with Crippen LogP contribution >= 0.6 is 0 Å². The monoisotopic (exact) mass is 285 g/mol. The largest absolute Gasteiger partial charge is 0.515 e. The van der Waals surface area contributed by atoms with Gasteiger partial charge in [0.2, 0.25) is 0 Å². The Kier molecular flexibility index (Phi) is 4.82. The molecule has 0 radical (unpaired) electrons. The maximum absolute atomic E-state index is 11.8. The molecule has 0 spiro atoms. The van der Waals surface area contributed by atoms with Crippen molar-refractivity contribution in [1.82, 2.24) is 0 Å². The third-order valence-corrected chi connectivity index (χ3v) is 3.17. The Hall–Kier alpha value is -2.49. The molecule has 0 saturated heterocycles. The van der Waals surface area contributed by atoms with Gasteiger partial charge < -0.3 is 14.4 Å². The minimum Gasteiger partial charge on any atom is -0.410 e. The Morgan fingerprint density at radius 3 is 2.48 bits per heavy atom. The third-order valence-electron chi connectivity index (χ3n) is 3.17. The van der Waals surface area contributed by atoms with Gasteiger partial charge in [-0.15, -0.1) is 0 Å². The number of anilines is 1.